The van der Waals surface area contributed by atoms with Gasteiger partial charge in [0.15, 0.2) is 0 Å². The lowest BCUT2D eigenvalue weighted by molar-refractivity contribution is -0.134. The normalized spacial score (nSPS) is 12.8. The second-order valence-corrected chi connectivity index (χ2v) is 5.41. The maximum atomic E-state index is 12.5. The Morgan fingerprint density at radius 3 is 2.61 bits per heavy atom. The Bertz CT molecular complexity index is 709. The monoisotopic (exact) mass is 343 g/mol. The second kappa shape index (κ2) is 7.18. The van der Waals surface area contributed by atoms with Crippen LogP contribution in [0.5, 0.6) is 6.01 Å². The molecule has 0 saturated heterocycles. The van der Waals surface area contributed by atoms with Gasteiger partial charge in [0.2, 0.25) is 0 Å². The van der Waals surface area contributed by atoms with E-state index in [0.717, 1.165) is 11.6 Å². The number of ether oxygens (including phenoxy) is 1. The molecule has 0 atom stereocenters. The molecular formula is C13H12F3N5OS. The van der Waals surface area contributed by atoms with Crippen LogP contribution in [0.4, 0.5) is 18.2 Å². The van der Waals surface area contributed by atoms with E-state index in [-0.39, 0.29) is 23.3 Å². The van der Waals surface area contributed by atoms with Gasteiger partial charge in [0, 0.05) is 12.4 Å². The molecule has 0 spiro atoms. The van der Waals surface area contributed by atoms with E-state index in [0.29, 0.717) is 11.3 Å². The Kier molecular flexibility index (Phi) is 5.27. The summed E-state index contributed by atoms with van der Waals surface area (Å²) in [6, 6.07) is 2.37. The predicted octanol–water partition coefficient (Wildman–Crippen LogP) is 2.96. The first-order chi connectivity index (χ1) is 10.9. The molecule has 0 bridgehead atoms. The van der Waals surface area contributed by atoms with Gasteiger partial charge >= 0.3 is 12.2 Å². The highest BCUT2D eigenvalue weighted by molar-refractivity contribution is 7.15. The van der Waals surface area contributed by atoms with Crippen molar-refractivity contribution >= 4 is 28.3 Å². The van der Waals surface area contributed by atoms with Crippen molar-refractivity contribution in [3.05, 3.63) is 35.0 Å². The number of aryl methyl sites for hydroxylation is 1. The molecule has 0 fully saturated rings. The van der Waals surface area contributed by atoms with E-state index < -0.39 is 11.1 Å². The van der Waals surface area contributed by atoms with E-state index in [2.05, 4.69) is 20.1 Å². The minimum absolute atomic E-state index is 0.0550. The van der Waals surface area contributed by atoms with Gasteiger partial charge in [0.1, 0.15) is 22.2 Å². The van der Waals surface area contributed by atoms with Crippen LogP contribution in [0.25, 0.3) is 0 Å². The van der Waals surface area contributed by atoms with Crippen molar-refractivity contribution in [2.75, 3.05) is 6.61 Å². The number of aliphatic imine (C=N–C) groups is 1. The summed E-state index contributed by atoms with van der Waals surface area (Å²) in [5.41, 5.74) is 1.11. The predicted molar refractivity (Wildman–Crippen MR) is 81.4 cm³/mol. The SMILES string of the molecule is Cc1cnc(OCC(C=Nc2ccc(C(F)(F)F)s2)=NN)nc1. The summed E-state index contributed by atoms with van der Waals surface area (Å²) in [4.78, 5) is 11.1. The standard InChI is InChI=1S/C13H12F3N5OS/c1-8-4-19-12(20-5-8)22-7-9(21-17)6-18-11-3-2-10(23-11)13(14,15)16/h2-6H,7,17H2,1H3. The van der Waals surface area contributed by atoms with Crippen molar-refractivity contribution < 1.29 is 17.9 Å². The maximum absolute atomic E-state index is 12.5. The number of alkyl halides is 3. The first-order valence-electron chi connectivity index (χ1n) is 6.28. The Morgan fingerprint density at radius 2 is 2.04 bits per heavy atom. The number of rotatable bonds is 5. The molecule has 0 aliphatic heterocycles. The Labute approximate surface area is 133 Å². The van der Waals surface area contributed by atoms with Crippen molar-refractivity contribution in [1.82, 2.24) is 9.97 Å². The molecule has 0 aliphatic rings. The number of nitrogens with zero attached hydrogens (tertiary/aromatic N) is 4. The molecule has 0 aromatic carbocycles. The highest BCUT2D eigenvalue weighted by Gasteiger charge is 2.32. The summed E-state index contributed by atoms with van der Waals surface area (Å²) in [5.74, 6) is 5.20. The van der Waals surface area contributed by atoms with Crippen LogP contribution in [0, 0.1) is 6.92 Å². The van der Waals surface area contributed by atoms with Crippen LogP contribution in [-0.4, -0.2) is 28.5 Å². The number of hydrogen-bond acceptors (Lipinski definition) is 7. The van der Waals surface area contributed by atoms with Crippen LogP contribution in [0.15, 0.2) is 34.6 Å². The van der Waals surface area contributed by atoms with Gasteiger partial charge in [-0.2, -0.15) is 18.3 Å². The van der Waals surface area contributed by atoms with Crippen LogP contribution in [0.2, 0.25) is 0 Å². The highest BCUT2D eigenvalue weighted by atomic mass is 32.1. The molecule has 2 rings (SSSR count). The van der Waals surface area contributed by atoms with Crippen molar-refractivity contribution in [1.29, 1.82) is 0 Å². The Hall–Kier alpha value is -2.49. The van der Waals surface area contributed by atoms with Crippen molar-refractivity contribution in [3.63, 3.8) is 0 Å². The van der Waals surface area contributed by atoms with Gasteiger partial charge in [0.25, 0.3) is 0 Å². The van der Waals surface area contributed by atoms with Gasteiger partial charge in [-0.15, -0.1) is 11.3 Å². The van der Waals surface area contributed by atoms with Crippen LogP contribution in [0.1, 0.15) is 10.4 Å². The van der Waals surface area contributed by atoms with Crippen molar-refractivity contribution in [2.45, 2.75) is 13.1 Å². The molecular weight excluding hydrogens is 331 g/mol. The molecule has 2 aromatic rings. The third-order valence-corrected chi connectivity index (χ3v) is 3.52. The van der Waals surface area contributed by atoms with E-state index in [1.165, 1.54) is 12.3 Å². The number of nitrogens with two attached hydrogens (primary N) is 1. The maximum Gasteiger partial charge on any atom is 0.425 e. The van der Waals surface area contributed by atoms with Gasteiger partial charge in [0.05, 0.1) is 6.21 Å². The lowest BCUT2D eigenvalue weighted by atomic mass is 10.4. The average molecular weight is 343 g/mol. The van der Waals surface area contributed by atoms with Crippen molar-refractivity contribution in [2.24, 2.45) is 15.9 Å². The van der Waals surface area contributed by atoms with E-state index in [4.69, 9.17) is 10.6 Å². The van der Waals surface area contributed by atoms with Gasteiger partial charge in [-0.05, 0) is 24.6 Å². The fourth-order valence-corrected chi connectivity index (χ4v) is 2.11. The fraction of sp³-hybridized carbons (Fsp3) is 0.231. The summed E-state index contributed by atoms with van der Waals surface area (Å²) in [6.45, 7) is 1.78. The molecule has 10 heteroatoms. The molecule has 0 aliphatic carbocycles. The first-order valence-corrected chi connectivity index (χ1v) is 7.09. The molecule has 122 valence electrons. The van der Waals surface area contributed by atoms with E-state index in [1.807, 2.05) is 6.92 Å². The summed E-state index contributed by atoms with van der Waals surface area (Å²) in [6.07, 6.45) is 0.0231. The molecule has 0 unspecified atom stereocenters. The summed E-state index contributed by atoms with van der Waals surface area (Å²) in [7, 11) is 0. The average Bonchev–Trinajstić information content (AvgIpc) is 2.98. The van der Waals surface area contributed by atoms with Crippen LogP contribution in [-0.2, 0) is 6.18 Å². The van der Waals surface area contributed by atoms with E-state index in [9.17, 15) is 13.2 Å². The minimum atomic E-state index is -4.38. The minimum Gasteiger partial charge on any atom is -0.457 e. The molecule has 23 heavy (non-hydrogen) atoms. The molecule has 0 radical (unpaired) electrons. The van der Waals surface area contributed by atoms with Crippen molar-refractivity contribution in [3.8, 4) is 6.01 Å². The zero-order valence-electron chi connectivity index (χ0n) is 11.9. The Balaban J connectivity index is 1.96. The third kappa shape index (κ3) is 5.02. The first kappa shape index (κ1) is 16.9. The zero-order chi connectivity index (χ0) is 16.9. The molecule has 2 aromatic heterocycles. The fourth-order valence-electron chi connectivity index (χ4n) is 1.39. The quantitative estimate of drug-likeness (QED) is 0.514. The van der Waals surface area contributed by atoms with Crippen LogP contribution >= 0.6 is 11.3 Å². The molecule has 0 saturated carbocycles. The summed E-state index contributed by atoms with van der Waals surface area (Å²) >= 11 is 0.524. The largest absolute Gasteiger partial charge is 0.457 e. The smallest absolute Gasteiger partial charge is 0.425 e. The number of hydrazone groups is 1. The van der Waals surface area contributed by atoms with E-state index >= 15 is 0 Å². The van der Waals surface area contributed by atoms with E-state index in [1.54, 1.807) is 12.4 Å². The third-order valence-electron chi connectivity index (χ3n) is 2.48. The molecule has 0 amide bonds. The Morgan fingerprint density at radius 1 is 1.35 bits per heavy atom. The summed E-state index contributed by atoms with van der Waals surface area (Å²) < 4.78 is 42.7. The second-order valence-electron chi connectivity index (χ2n) is 4.35. The van der Waals surface area contributed by atoms with Crippen LogP contribution in [0.3, 0.4) is 0 Å². The number of thiophene rings is 1. The summed E-state index contributed by atoms with van der Waals surface area (Å²) in [5, 5.41) is 3.65. The number of halogens is 3. The number of aromatic nitrogens is 2. The lowest BCUT2D eigenvalue weighted by Crippen LogP contribution is -2.15. The van der Waals surface area contributed by atoms with Gasteiger partial charge in [-0.25, -0.2) is 15.0 Å². The molecule has 2 heterocycles. The van der Waals surface area contributed by atoms with Gasteiger partial charge < -0.3 is 10.6 Å². The lowest BCUT2D eigenvalue weighted by Gasteiger charge is -2.03. The topological polar surface area (TPSA) is 85.8 Å². The van der Waals surface area contributed by atoms with Gasteiger partial charge in [-0.3, -0.25) is 0 Å². The molecule has 2 N–H and O–H groups in total. The zero-order valence-corrected chi connectivity index (χ0v) is 12.7. The highest BCUT2D eigenvalue weighted by Crippen LogP contribution is 2.37. The van der Waals surface area contributed by atoms with Gasteiger partial charge in [-0.1, -0.05) is 0 Å². The number of hydrogen-bond donors (Lipinski definition) is 1. The van der Waals surface area contributed by atoms with Crippen LogP contribution < -0.4 is 10.6 Å². The molecule has 6 nitrogen and oxygen atoms in total.